The van der Waals surface area contributed by atoms with E-state index in [-0.39, 0.29) is 11.9 Å². The summed E-state index contributed by atoms with van der Waals surface area (Å²) < 4.78 is 25.4. The zero-order valence-corrected chi connectivity index (χ0v) is 17.2. The minimum absolute atomic E-state index is 0.156. The van der Waals surface area contributed by atoms with Crippen LogP contribution in [-0.4, -0.2) is 61.5 Å². The predicted octanol–water partition coefficient (Wildman–Crippen LogP) is 1.75. The Kier molecular flexibility index (Phi) is 6.55. The molecule has 1 amide bonds. The zero-order chi connectivity index (χ0) is 19.4. The number of nitrogens with zero attached hydrogens (tertiary/aromatic N) is 2. The molecule has 2 aliphatic rings. The number of hydrogen-bond acceptors (Lipinski definition) is 4. The molecule has 0 radical (unpaired) electrons. The second kappa shape index (κ2) is 8.71. The van der Waals surface area contributed by atoms with Crippen LogP contribution in [0.2, 0.25) is 0 Å². The molecule has 1 aromatic carbocycles. The first-order valence-electron chi connectivity index (χ1n) is 9.95. The van der Waals surface area contributed by atoms with Crippen LogP contribution in [0.5, 0.6) is 0 Å². The van der Waals surface area contributed by atoms with E-state index in [0.717, 1.165) is 38.8 Å². The smallest absolute Gasteiger partial charge is 0.238 e. The van der Waals surface area contributed by atoms with Crippen molar-refractivity contribution in [1.82, 2.24) is 14.5 Å². The summed E-state index contributed by atoms with van der Waals surface area (Å²) in [4.78, 5) is 15.1. The highest BCUT2D eigenvalue weighted by atomic mass is 32.2. The third-order valence-electron chi connectivity index (χ3n) is 5.84. The van der Waals surface area contributed by atoms with E-state index in [9.17, 15) is 13.2 Å². The van der Waals surface area contributed by atoms with Gasteiger partial charge in [0.05, 0.1) is 6.26 Å². The molecule has 1 N–H and O–H groups in total. The maximum Gasteiger partial charge on any atom is 0.238 e. The van der Waals surface area contributed by atoms with E-state index in [2.05, 4.69) is 41.4 Å². The molecule has 1 saturated heterocycles. The minimum Gasteiger partial charge on any atom is -0.353 e. The normalized spacial score (nSPS) is 22.8. The lowest BCUT2D eigenvalue weighted by molar-refractivity contribution is -0.126. The summed E-state index contributed by atoms with van der Waals surface area (Å²) in [5.74, 6) is -0.156. The molecule has 1 fully saturated rings. The van der Waals surface area contributed by atoms with Gasteiger partial charge in [0.1, 0.15) is 6.04 Å². The number of rotatable bonds is 6. The maximum atomic E-state index is 12.7. The summed E-state index contributed by atoms with van der Waals surface area (Å²) in [6.07, 6.45) is 5.49. The molecule has 2 heterocycles. The van der Waals surface area contributed by atoms with Gasteiger partial charge in [0.25, 0.3) is 0 Å². The van der Waals surface area contributed by atoms with Crippen molar-refractivity contribution in [2.45, 2.75) is 57.7 Å². The summed E-state index contributed by atoms with van der Waals surface area (Å²) in [6, 6.07) is 8.24. The van der Waals surface area contributed by atoms with Gasteiger partial charge in [0.2, 0.25) is 15.9 Å². The van der Waals surface area contributed by atoms with E-state index < -0.39 is 16.1 Å². The molecule has 0 aromatic heterocycles. The molecule has 0 bridgehead atoms. The van der Waals surface area contributed by atoms with Crippen molar-refractivity contribution in [2.75, 3.05) is 25.9 Å². The molecule has 27 heavy (non-hydrogen) atoms. The van der Waals surface area contributed by atoms with Gasteiger partial charge in [-0.3, -0.25) is 9.69 Å². The maximum absolute atomic E-state index is 12.7. The Balaban J connectivity index is 1.60. The van der Waals surface area contributed by atoms with E-state index in [1.54, 1.807) is 0 Å². The van der Waals surface area contributed by atoms with Gasteiger partial charge in [-0.25, -0.2) is 8.42 Å². The zero-order valence-electron chi connectivity index (χ0n) is 16.4. The standard InChI is InChI=1S/C20H31N3O3S/c1-3-18(22-13-11-16-8-4-5-9-17(16)15-22)14-21-20(24)19-10-6-7-12-23(19)27(2,25)26/h4-5,8-9,18-19H,3,6-7,10-15H2,1-2H3,(H,21,24). The summed E-state index contributed by atoms with van der Waals surface area (Å²) >= 11 is 0. The van der Waals surface area contributed by atoms with Gasteiger partial charge in [0.15, 0.2) is 0 Å². The molecule has 1 aromatic rings. The van der Waals surface area contributed by atoms with Crippen LogP contribution in [0.15, 0.2) is 24.3 Å². The van der Waals surface area contributed by atoms with E-state index in [1.807, 2.05) is 0 Å². The predicted molar refractivity (Wildman–Crippen MR) is 107 cm³/mol. The number of fused-ring (bicyclic) bond motifs is 1. The average Bonchev–Trinajstić information content (AvgIpc) is 2.67. The molecular weight excluding hydrogens is 362 g/mol. The van der Waals surface area contributed by atoms with Crippen LogP contribution in [0.1, 0.15) is 43.7 Å². The molecule has 3 rings (SSSR count). The number of carbonyl (C=O) groups is 1. The Labute approximate surface area is 163 Å². The molecular formula is C20H31N3O3S. The molecule has 2 unspecified atom stereocenters. The highest BCUT2D eigenvalue weighted by Gasteiger charge is 2.34. The van der Waals surface area contributed by atoms with Crippen molar-refractivity contribution >= 4 is 15.9 Å². The second-order valence-corrected chi connectivity index (χ2v) is 9.62. The average molecular weight is 394 g/mol. The fourth-order valence-electron chi connectivity index (χ4n) is 4.26. The van der Waals surface area contributed by atoms with Gasteiger partial charge in [-0.15, -0.1) is 0 Å². The van der Waals surface area contributed by atoms with Crippen LogP contribution in [0.4, 0.5) is 0 Å². The van der Waals surface area contributed by atoms with Crippen molar-refractivity contribution in [3.05, 3.63) is 35.4 Å². The van der Waals surface area contributed by atoms with Crippen LogP contribution in [-0.2, 0) is 27.8 Å². The Hall–Kier alpha value is -1.44. The molecule has 2 aliphatic heterocycles. The first kappa shape index (κ1) is 20.3. The molecule has 7 heteroatoms. The topological polar surface area (TPSA) is 69.7 Å². The molecule has 0 spiro atoms. The molecule has 0 saturated carbocycles. The highest BCUT2D eigenvalue weighted by Crippen LogP contribution is 2.22. The molecule has 2 atom stereocenters. The van der Waals surface area contributed by atoms with Crippen LogP contribution in [0.3, 0.4) is 0 Å². The lowest BCUT2D eigenvalue weighted by Crippen LogP contribution is -2.54. The SMILES string of the molecule is CCC(CNC(=O)C1CCCCN1S(C)(=O)=O)N1CCc2ccccc2C1. The van der Waals surface area contributed by atoms with E-state index in [1.165, 1.54) is 21.7 Å². The Morgan fingerprint density at radius 3 is 2.67 bits per heavy atom. The number of benzene rings is 1. The van der Waals surface area contributed by atoms with Crippen molar-refractivity contribution in [1.29, 1.82) is 0 Å². The molecule has 0 aliphatic carbocycles. The van der Waals surface area contributed by atoms with Crippen molar-refractivity contribution in [3.63, 3.8) is 0 Å². The number of carbonyl (C=O) groups excluding carboxylic acids is 1. The quantitative estimate of drug-likeness (QED) is 0.799. The first-order valence-corrected chi connectivity index (χ1v) is 11.8. The Morgan fingerprint density at radius 2 is 1.96 bits per heavy atom. The van der Waals surface area contributed by atoms with E-state index in [4.69, 9.17) is 0 Å². The van der Waals surface area contributed by atoms with Gasteiger partial charge >= 0.3 is 0 Å². The summed E-state index contributed by atoms with van der Waals surface area (Å²) in [6.45, 7) is 5.04. The number of piperidine rings is 1. The first-order chi connectivity index (χ1) is 12.9. The lowest BCUT2D eigenvalue weighted by Gasteiger charge is -2.36. The lowest BCUT2D eigenvalue weighted by atomic mass is 9.98. The van der Waals surface area contributed by atoms with E-state index >= 15 is 0 Å². The van der Waals surface area contributed by atoms with Crippen LogP contribution < -0.4 is 5.32 Å². The van der Waals surface area contributed by atoms with Crippen LogP contribution in [0.25, 0.3) is 0 Å². The number of nitrogens with one attached hydrogen (secondary N) is 1. The van der Waals surface area contributed by atoms with Gasteiger partial charge in [0, 0.05) is 32.2 Å². The van der Waals surface area contributed by atoms with Gasteiger partial charge < -0.3 is 5.32 Å². The fourth-order valence-corrected chi connectivity index (χ4v) is 5.39. The van der Waals surface area contributed by atoms with E-state index in [0.29, 0.717) is 19.5 Å². The number of hydrogen-bond donors (Lipinski definition) is 1. The Bertz CT molecular complexity index is 765. The van der Waals surface area contributed by atoms with Gasteiger partial charge in [-0.2, -0.15) is 4.31 Å². The van der Waals surface area contributed by atoms with Gasteiger partial charge in [-0.05, 0) is 36.8 Å². The monoisotopic (exact) mass is 393 g/mol. The van der Waals surface area contributed by atoms with Crippen molar-refractivity contribution < 1.29 is 13.2 Å². The number of amides is 1. The fraction of sp³-hybridized carbons (Fsp3) is 0.650. The molecule has 150 valence electrons. The van der Waals surface area contributed by atoms with Crippen LogP contribution in [0, 0.1) is 0 Å². The summed E-state index contributed by atoms with van der Waals surface area (Å²) in [5.41, 5.74) is 2.78. The highest BCUT2D eigenvalue weighted by molar-refractivity contribution is 7.88. The third-order valence-corrected chi connectivity index (χ3v) is 7.13. The summed E-state index contributed by atoms with van der Waals surface area (Å²) in [7, 11) is -3.36. The Morgan fingerprint density at radius 1 is 1.22 bits per heavy atom. The van der Waals surface area contributed by atoms with Gasteiger partial charge in [-0.1, -0.05) is 37.6 Å². The van der Waals surface area contributed by atoms with Crippen molar-refractivity contribution in [3.8, 4) is 0 Å². The second-order valence-electron chi connectivity index (χ2n) is 7.68. The summed E-state index contributed by atoms with van der Waals surface area (Å²) in [5, 5.41) is 3.04. The van der Waals surface area contributed by atoms with Crippen LogP contribution >= 0.6 is 0 Å². The largest absolute Gasteiger partial charge is 0.353 e. The molecule has 6 nitrogen and oxygen atoms in total. The minimum atomic E-state index is -3.36. The van der Waals surface area contributed by atoms with Crippen molar-refractivity contribution in [2.24, 2.45) is 0 Å². The third kappa shape index (κ3) is 4.89. The number of sulfonamides is 1.